The molecular formula is C20H18N4O. The summed E-state index contributed by atoms with van der Waals surface area (Å²) in [4.78, 5) is 20.5. The van der Waals surface area contributed by atoms with E-state index in [0.717, 1.165) is 34.7 Å². The van der Waals surface area contributed by atoms with Gasteiger partial charge < -0.3 is 4.57 Å². The van der Waals surface area contributed by atoms with Gasteiger partial charge in [-0.3, -0.25) is 9.36 Å². The van der Waals surface area contributed by atoms with E-state index in [-0.39, 0.29) is 5.78 Å². The van der Waals surface area contributed by atoms with Gasteiger partial charge in [0.05, 0.1) is 17.4 Å². The number of aryl methyl sites for hydroxylation is 1. The van der Waals surface area contributed by atoms with Gasteiger partial charge in [-0.2, -0.15) is 0 Å². The molecule has 0 radical (unpaired) electrons. The number of carbonyl (C=O) groups excluding carboxylic acids is 1. The molecule has 0 aliphatic rings. The summed E-state index contributed by atoms with van der Waals surface area (Å²) < 4.78 is 4.13. The van der Waals surface area contributed by atoms with Gasteiger partial charge in [0.1, 0.15) is 5.82 Å². The minimum absolute atomic E-state index is 0.0524. The van der Waals surface area contributed by atoms with Crippen molar-refractivity contribution in [3.05, 3.63) is 72.6 Å². The van der Waals surface area contributed by atoms with E-state index in [1.54, 1.807) is 19.4 Å². The molecule has 0 aliphatic heterocycles. The van der Waals surface area contributed by atoms with E-state index >= 15 is 0 Å². The second-order valence-corrected chi connectivity index (χ2v) is 5.97. The fraction of sp³-hybridized carbons (Fsp3) is 0.150. The van der Waals surface area contributed by atoms with Crippen molar-refractivity contribution in [2.75, 3.05) is 0 Å². The molecule has 5 heteroatoms. The van der Waals surface area contributed by atoms with Gasteiger partial charge in [-0.25, -0.2) is 9.97 Å². The summed E-state index contributed by atoms with van der Waals surface area (Å²) in [6, 6.07) is 14.0. The second-order valence-electron chi connectivity index (χ2n) is 5.97. The first kappa shape index (κ1) is 15.3. The number of hydrogen-bond acceptors (Lipinski definition) is 3. The van der Waals surface area contributed by atoms with Crippen molar-refractivity contribution < 1.29 is 4.79 Å². The third kappa shape index (κ3) is 2.63. The van der Waals surface area contributed by atoms with Crippen molar-refractivity contribution in [3.8, 4) is 11.4 Å². The van der Waals surface area contributed by atoms with Gasteiger partial charge in [-0.15, -0.1) is 0 Å². The number of ketones is 1. The molecule has 0 fully saturated rings. The normalized spacial score (nSPS) is 11.1. The first-order valence-electron chi connectivity index (χ1n) is 8.28. The highest BCUT2D eigenvalue weighted by Gasteiger charge is 2.13. The lowest BCUT2D eigenvalue weighted by molar-refractivity contribution is 0.101. The van der Waals surface area contributed by atoms with Crippen LogP contribution in [0.2, 0.25) is 0 Å². The quantitative estimate of drug-likeness (QED) is 0.532. The van der Waals surface area contributed by atoms with Crippen LogP contribution in [-0.2, 0) is 6.42 Å². The van der Waals surface area contributed by atoms with Crippen molar-refractivity contribution in [3.63, 3.8) is 0 Å². The summed E-state index contributed by atoms with van der Waals surface area (Å²) in [5.74, 6) is 1.02. The van der Waals surface area contributed by atoms with Gasteiger partial charge in [0.15, 0.2) is 5.78 Å². The maximum Gasteiger partial charge on any atom is 0.159 e. The van der Waals surface area contributed by atoms with Gasteiger partial charge in [-0.1, -0.05) is 13.0 Å². The predicted octanol–water partition coefficient (Wildman–Crippen LogP) is 3.98. The highest BCUT2D eigenvalue weighted by atomic mass is 16.1. The molecule has 2 heterocycles. The molecule has 0 spiro atoms. The second kappa shape index (κ2) is 6.02. The number of benzene rings is 2. The fourth-order valence-corrected chi connectivity index (χ4v) is 3.08. The lowest BCUT2D eigenvalue weighted by Gasteiger charge is -2.11. The van der Waals surface area contributed by atoms with E-state index in [1.165, 1.54) is 0 Å². The maximum absolute atomic E-state index is 11.7. The van der Waals surface area contributed by atoms with E-state index < -0.39 is 0 Å². The Morgan fingerprint density at radius 3 is 2.68 bits per heavy atom. The highest BCUT2D eigenvalue weighted by Crippen LogP contribution is 2.24. The SMILES string of the molecule is CCc1nc2cc(C(C)=O)ccc2n1-c1cccc(-n2ccnc2)c1. The van der Waals surface area contributed by atoms with Crippen LogP contribution in [0.25, 0.3) is 22.4 Å². The van der Waals surface area contributed by atoms with E-state index in [0.29, 0.717) is 5.56 Å². The fourth-order valence-electron chi connectivity index (χ4n) is 3.08. The largest absolute Gasteiger partial charge is 0.306 e. The summed E-state index contributed by atoms with van der Waals surface area (Å²) in [6.45, 7) is 3.66. The van der Waals surface area contributed by atoms with Gasteiger partial charge in [-0.05, 0) is 43.3 Å². The molecule has 0 bridgehead atoms. The molecule has 2 aromatic heterocycles. The number of Topliss-reactive ketones (excluding diaryl/α,β-unsaturated/α-hetero) is 1. The van der Waals surface area contributed by atoms with E-state index in [4.69, 9.17) is 4.98 Å². The first-order valence-corrected chi connectivity index (χ1v) is 8.28. The summed E-state index contributed by atoms with van der Waals surface area (Å²) >= 11 is 0. The van der Waals surface area contributed by atoms with Crippen LogP contribution in [-0.4, -0.2) is 24.9 Å². The Kier molecular flexibility index (Phi) is 3.69. The zero-order valence-corrected chi connectivity index (χ0v) is 14.2. The average Bonchev–Trinajstić information content (AvgIpc) is 3.28. The Labute approximate surface area is 145 Å². The van der Waals surface area contributed by atoms with E-state index in [2.05, 4.69) is 28.6 Å². The van der Waals surface area contributed by atoms with Crippen LogP contribution in [0.3, 0.4) is 0 Å². The molecule has 124 valence electrons. The van der Waals surface area contributed by atoms with E-state index in [9.17, 15) is 4.79 Å². The van der Waals surface area contributed by atoms with E-state index in [1.807, 2.05) is 41.1 Å². The standard InChI is InChI=1S/C20H18N4O/c1-3-20-22-18-11-15(14(2)25)7-8-19(18)24(20)17-6-4-5-16(12-17)23-10-9-21-13-23/h4-13H,3H2,1-2H3. The third-order valence-electron chi connectivity index (χ3n) is 4.34. The molecular weight excluding hydrogens is 312 g/mol. The molecule has 0 atom stereocenters. The van der Waals surface area contributed by atoms with Crippen molar-refractivity contribution in [2.45, 2.75) is 20.3 Å². The van der Waals surface area contributed by atoms with Crippen molar-refractivity contribution in [1.29, 1.82) is 0 Å². The maximum atomic E-state index is 11.7. The first-order chi connectivity index (χ1) is 12.2. The minimum atomic E-state index is 0.0524. The van der Waals surface area contributed by atoms with Crippen LogP contribution in [0.15, 0.2) is 61.2 Å². The Bertz CT molecular complexity index is 1060. The van der Waals surface area contributed by atoms with Gasteiger partial charge in [0.2, 0.25) is 0 Å². The smallest absolute Gasteiger partial charge is 0.159 e. The molecule has 25 heavy (non-hydrogen) atoms. The molecule has 0 N–H and O–H groups in total. The molecule has 0 saturated heterocycles. The Morgan fingerprint density at radius 1 is 1.12 bits per heavy atom. The van der Waals surface area contributed by atoms with Crippen LogP contribution in [0.1, 0.15) is 30.0 Å². The monoisotopic (exact) mass is 330 g/mol. The molecule has 0 aliphatic carbocycles. The lowest BCUT2D eigenvalue weighted by Crippen LogP contribution is -2.01. The number of imidazole rings is 2. The number of nitrogens with zero attached hydrogens (tertiary/aromatic N) is 4. The van der Waals surface area contributed by atoms with Crippen LogP contribution in [0.5, 0.6) is 0 Å². The van der Waals surface area contributed by atoms with Crippen molar-refractivity contribution in [1.82, 2.24) is 19.1 Å². The van der Waals surface area contributed by atoms with Crippen LogP contribution < -0.4 is 0 Å². The zero-order chi connectivity index (χ0) is 17.4. The van der Waals surface area contributed by atoms with Crippen molar-refractivity contribution >= 4 is 16.8 Å². The average molecular weight is 330 g/mol. The Balaban J connectivity index is 1.91. The Hall–Kier alpha value is -3.21. The minimum Gasteiger partial charge on any atom is -0.306 e. The summed E-state index contributed by atoms with van der Waals surface area (Å²) in [7, 11) is 0. The predicted molar refractivity (Wildman–Crippen MR) is 97.6 cm³/mol. The molecule has 2 aromatic carbocycles. The number of carbonyl (C=O) groups is 1. The topological polar surface area (TPSA) is 52.7 Å². The van der Waals surface area contributed by atoms with Gasteiger partial charge in [0, 0.05) is 35.8 Å². The van der Waals surface area contributed by atoms with Crippen LogP contribution in [0, 0.1) is 0 Å². The molecule has 5 nitrogen and oxygen atoms in total. The highest BCUT2D eigenvalue weighted by molar-refractivity contribution is 5.97. The number of hydrogen-bond donors (Lipinski definition) is 0. The third-order valence-corrected chi connectivity index (χ3v) is 4.34. The Morgan fingerprint density at radius 2 is 1.96 bits per heavy atom. The van der Waals surface area contributed by atoms with Crippen molar-refractivity contribution in [2.24, 2.45) is 0 Å². The number of fused-ring (bicyclic) bond motifs is 1. The van der Waals surface area contributed by atoms with Crippen LogP contribution in [0.4, 0.5) is 0 Å². The molecule has 4 aromatic rings. The number of rotatable bonds is 4. The summed E-state index contributed by atoms with van der Waals surface area (Å²) in [5, 5.41) is 0. The summed E-state index contributed by atoms with van der Waals surface area (Å²) in [6.07, 6.45) is 6.27. The van der Waals surface area contributed by atoms with Crippen LogP contribution >= 0.6 is 0 Å². The molecule has 0 amide bonds. The lowest BCUT2D eigenvalue weighted by atomic mass is 10.1. The van der Waals surface area contributed by atoms with Gasteiger partial charge >= 0.3 is 0 Å². The summed E-state index contributed by atoms with van der Waals surface area (Å²) in [5.41, 5.74) is 4.62. The molecule has 0 saturated carbocycles. The molecule has 0 unspecified atom stereocenters. The zero-order valence-electron chi connectivity index (χ0n) is 14.2. The number of aromatic nitrogens is 4. The molecule has 4 rings (SSSR count). The van der Waals surface area contributed by atoms with Gasteiger partial charge in [0.25, 0.3) is 0 Å².